The highest BCUT2D eigenvalue weighted by molar-refractivity contribution is 8.00. The molecule has 0 atom stereocenters. The number of nitrogens with zero attached hydrogens (tertiary/aromatic N) is 2. The first-order valence-corrected chi connectivity index (χ1v) is 12.2. The van der Waals surface area contributed by atoms with Crippen LogP contribution in [-0.2, 0) is 18.4 Å². The number of hydrogen-bond donors (Lipinski definition) is 0. The average molecular weight is 467 g/mol. The summed E-state index contributed by atoms with van der Waals surface area (Å²) in [6.45, 7) is 14.0. The topological polar surface area (TPSA) is 31.0 Å². The summed E-state index contributed by atoms with van der Waals surface area (Å²) in [4.78, 5) is 6.01. The van der Waals surface area contributed by atoms with Gasteiger partial charge in [0, 0.05) is 49.6 Å². The van der Waals surface area contributed by atoms with Crippen LogP contribution in [0.5, 0.6) is 0 Å². The van der Waals surface area contributed by atoms with Crippen molar-refractivity contribution in [1.82, 2.24) is 9.55 Å². The Labute approximate surface area is 200 Å². The van der Waals surface area contributed by atoms with Crippen LogP contribution in [0.4, 0.5) is 0 Å². The fraction of sp³-hybridized carbons (Fsp3) is 0.370. The predicted molar refractivity (Wildman–Crippen MR) is 136 cm³/mol. The van der Waals surface area contributed by atoms with E-state index < -0.39 is 0 Å². The van der Waals surface area contributed by atoms with Crippen LogP contribution < -0.4 is 0 Å². The number of aromatic nitrogens is 2. The van der Waals surface area contributed by atoms with Gasteiger partial charge in [0.15, 0.2) is 5.89 Å². The van der Waals surface area contributed by atoms with Crippen molar-refractivity contribution in [3.63, 3.8) is 0 Å². The molecule has 3 nitrogen and oxygen atoms in total. The van der Waals surface area contributed by atoms with E-state index in [9.17, 15) is 0 Å². The van der Waals surface area contributed by atoms with Crippen molar-refractivity contribution in [2.45, 2.75) is 69.6 Å². The molecule has 4 aromatic rings. The van der Waals surface area contributed by atoms with Crippen molar-refractivity contribution in [2.75, 3.05) is 0 Å². The zero-order chi connectivity index (χ0) is 23.1. The molecule has 0 fully saturated rings. The van der Waals surface area contributed by atoms with E-state index in [1.807, 2.05) is 30.8 Å². The van der Waals surface area contributed by atoms with Crippen LogP contribution in [0.1, 0.15) is 57.5 Å². The van der Waals surface area contributed by atoms with Gasteiger partial charge >= 0.3 is 0 Å². The molecule has 0 radical (unpaired) electrons. The lowest BCUT2D eigenvalue weighted by atomic mass is 9.87. The van der Waals surface area contributed by atoms with E-state index >= 15 is 0 Å². The second-order valence-electron chi connectivity index (χ2n) is 10.1. The van der Waals surface area contributed by atoms with E-state index in [4.69, 9.17) is 16.0 Å². The minimum Gasteiger partial charge on any atom is -0.448 e. The molecule has 0 aliphatic rings. The van der Waals surface area contributed by atoms with Gasteiger partial charge < -0.3 is 8.98 Å². The molecule has 2 aromatic heterocycles. The zero-order valence-electron chi connectivity index (χ0n) is 19.7. The molecule has 0 saturated heterocycles. The number of para-hydroxylation sites is 1. The Balaban J connectivity index is 1.88. The quantitative estimate of drug-likeness (QED) is 0.269. The molecule has 168 valence electrons. The van der Waals surface area contributed by atoms with Crippen LogP contribution in [-0.4, -0.2) is 14.3 Å². The van der Waals surface area contributed by atoms with Crippen LogP contribution >= 0.6 is 23.4 Å². The fourth-order valence-electron chi connectivity index (χ4n) is 4.03. The van der Waals surface area contributed by atoms with Gasteiger partial charge in [-0.2, -0.15) is 0 Å². The largest absolute Gasteiger partial charge is 0.448 e. The van der Waals surface area contributed by atoms with Crippen LogP contribution in [0, 0.1) is 6.92 Å². The molecule has 4 rings (SSSR count). The smallest absolute Gasteiger partial charge is 0.200 e. The van der Waals surface area contributed by atoms with Crippen molar-refractivity contribution >= 4 is 34.3 Å². The van der Waals surface area contributed by atoms with E-state index in [0.717, 1.165) is 29.6 Å². The van der Waals surface area contributed by atoms with Gasteiger partial charge in [0.25, 0.3) is 0 Å². The molecule has 2 heterocycles. The second kappa shape index (κ2) is 8.64. The molecule has 0 saturated carbocycles. The predicted octanol–water partition coefficient (Wildman–Crippen LogP) is 8.05. The molecule has 0 N–H and O–H groups in total. The van der Waals surface area contributed by atoms with Crippen molar-refractivity contribution in [3.8, 4) is 0 Å². The van der Waals surface area contributed by atoms with Gasteiger partial charge in [0.05, 0.1) is 5.69 Å². The monoisotopic (exact) mass is 466 g/mol. The highest BCUT2D eigenvalue weighted by Crippen LogP contribution is 2.43. The van der Waals surface area contributed by atoms with Crippen molar-refractivity contribution < 1.29 is 4.42 Å². The molecule has 0 spiro atoms. The van der Waals surface area contributed by atoms with Crippen LogP contribution in [0.25, 0.3) is 10.9 Å². The Morgan fingerprint density at radius 3 is 2.31 bits per heavy atom. The van der Waals surface area contributed by atoms with Gasteiger partial charge in [0.2, 0.25) is 0 Å². The van der Waals surface area contributed by atoms with Gasteiger partial charge in [0.1, 0.15) is 6.26 Å². The van der Waals surface area contributed by atoms with E-state index in [1.165, 1.54) is 27.1 Å². The second-order valence-corrected chi connectivity index (χ2v) is 12.3. The molecular weight excluding hydrogens is 436 g/mol. The molecule has 5 heteroatoms. The third kappa shape index (κ3) is 4.92. The Morgan fingerprint density at radius 1 is 1.00 bits per heavy atom. The van der Waals surface area contributed by atoms with Gasteiger partial charge in [-0.05, 0) is 30.7 Å². The summed E-state index contributed by atoms with van der Waals surface area (Å²) in [5.41, 5.74) is 4.48. The van der Waals surface area contributed by atoms with Crippen molar-refractivity contribution in [1.29, 1.82) is 0 Å². The molecule has 0 aliphatic carbocycles. The summed E-state index contributed by atoms with van der Waals surface area (Å²) in [7, 11) is 0. The number of fused-ring (bicyclic) bond motifs is 1. The molecule has 32 heavy (non-hydrogen) atoms. The zero-order valence-corrected chi connectivity index (χ0v) is 21.3. The lowest BCUT2D eigenvalue weighted by Gasteiger charge is -2.25. The maximum Gasteiger partial charge on any atom is 0.200 e. The van der Waals surface area contributed by atoms with Gasteiger partial charge in [-0.3, -0.25) is 0 Å². The number of benzene rings is 2. The summed E-state index contributed by atoms with van der Waals surface area (Å²) in [5, 5.41) is 2.06. The fourth-order valence-corrected chi connectivity index (χ4v) is 5.35. The number of oxazole rings is 1. The van der Waals surface area contributed by atoms with Crippen molar-refractivity contribution in [3.05, 3.63) is 82.7 Å². The standard InChI is InChI=1S/C27H31ClN2OS/c1-18-17-31-25(29-18)27(5,6)15-23-24(32-26(2,3)4)21-9-7-8-10-22(21)30(23)16-19-11-13-20(28)14-12-19/h7-14,17H,15-16H2,1-6H3. The van der Waals surface area contributed by atoms with Gasteiger partial charge in [-0.1, -0.05) is 76.6 Å². The summed E-state index contributed by atoms with van der Waals surface area (Å²) < 4.78 is 8.40. The maximum absolute atomic E-state index is 6.15. The van der Waals surface area contributed by atoms with Crippen LogP contribution in [0.3, 0.4) is 0 Å². The summed E-state index contributed by atoms with van der Waals surface area (Å²) in [5.74, 6) is 0.782. The summed E-state index contributed by atoms with van der Waals surface area (Å²) >= 11 is 8.09. The molecule has 0 aliphatic heterocycles. The summed E-state index contributed by atoms with van der Waals surface area (Å²) in [6.07, 6.45) is 2.57. The van der Waals surface area contributed by atoms with Gasteiger partial charge in [-0.25, -0.2) is 4.98 Å². The van der Waals surface area contributed by atoms with Crippen LogP contribution in [0.15, 0.2) is 64.1 Å². The van der Waals surface area contributed by atoms with E-state index in [0.29, 0.717) is 0 Å². The summed E-state index contributed by atoms with van der Waals surface area (Å²) in [6, 6.07) is 16.9. The third-order valence-electron chi connectivity index (χ3n) is 5.50. The number of thioether (sulfide) groups is 1. The highest BCUT2D eigenvalue weighted by atomic mass is 35.5. The first-order valence-electron chi connectivity index (χ1n) is 11.0. The van der Waals surface area contributed by atoms with Crippen LogP contribution in [0.2, 0.25) is 5.02 Å². The Bertz CT molecular complexity index is 1230. The average Bonchev–Trinajstić information content (AvgIpc) is 3.27. The molecule has 2 aromatic carbocycles. The number of rotatable bonds is 6. The lowest BCUT2D eigenvalue weighted by molar-refractivity contribution is 0.360. The number of halogens is 1. The molecular formula is C27H31ClN2OS. The van der Waals surface area contributed by atoms with Crippen molar-refractivity contribution in [2.24, 2.45) is 0 Å². The Hall–Kier alpha value is -2.17. The first kappa shape index (κ1) is 23.0. The first-order chi connectivity index (χ1) is 15.0. The van der Waals surface area contributed by atoms with E-state index in [-0.39, 0.29) is 10.2 Å². The van der Waals surface area contributed by atoms with Gasteiger partial charge in [-0.15, -0.1) is 11.8 Å². The molecule has 0 amide bonds. The lowest BCUT2D eigenvalue weighted by Crippen LogP contribution is -2.24. The maximum atomic E-state index is 6.15. The minimum absolute atomic E-state index is 0.0909. The number of hydrogen-bond acceptors (Lipinski definition) is 3. The molecule has 0 bridgehead atoms. The van der Waals surface area contributed by atoms with E-state index in [2.05, 4.69) is 80.6 Å². The minimum atomic E-state index is -0.242. The third-order valence-corrected chi connectivity index (χ3v) is 7.02. The number of aryl methyl sites for hydroxylation is 1. The SMILES string of the molecule is Cc1coc(C(C)(C)Cc2c(SC(C)(C)C)c3ccccc3n2Cc2ccc(Cl)cc2)n1. The Kier molecular flexibility index (Phi) is 6.21. The Morgan fingerprint density at radius 2 is 1.69 bits per heavy atom. The molecule has 0 unspecified atom stereocenters. The highest BCUT2D eigenvalue weighted by Gasteiger charge is 2.32. The van der Waals surface area contributed by atoms with E-state index in [1.54, 1.807) is 6.26 Å². The normalized spacial score (nSPS) is 12.6.